The van der Waals surface area contributed by atoms with Crippen LogP contribution in [0.3, 0.4) is 0 Å². The third-order valence-electron chi connectivity index (χ3n) is 5.17. The Morgan fingerprint density at radius 3 is 2.17 bits per heavy atom. The number of carbonyl (C=O) groups excluding carboxylic acids is 2. The van der Waals surface area contributed by atoms with E-state index in [4.69, 9.17) is 0 Å². The van der Waals surface area contributed by atoms with E-state index in [1.807, 2.05) is 30.9 Å². The van der Waals surface area contributed by atoms with Crippen molar-refractivity contribution in [3.63, 3.8) is 0 Å². The van der Waals surface area contributed by atoms with Crippen LogP contribution >= 0.6 is 0 Å². The number of carbonyl (C=O) groups is 2. The second-order valence-corrected chi connectivity index (χ2v) is 7.94. The van der Waals surface area contributed by atoms with Gasteiger partial charge in [0, 0.05) is 31.7 Å². The van der Waals surface area contributed by atoms with Crippen molar-refractivity contribution in [2.24, 2.45) is 17.8 Å². The fourth-order valence-corrected chi connectivity index (χ4v) is 4.33. The molecule has 130 valence electrons. The first kappa shape index (κ1) is 17.0. The molecule has 0 spiro atoms. The molecule has 0 bridgehead atoms. The number of hydrogen-bond donors (Lipinski definition) is 0. The number of hydrogen-bond acceptors (Lipinski definition) is 2. The average Bonchev–Trinajstić information content (AvgIpc) is 2.86. The van der Waals surface area contributed by atoms with Crippen LogP contribution in [0.2, 0.25) is 0 Å². The van der Waals surface area contributed by atoms with Crippen LogP contribution in [0.1, 0.15) is 37.8 Å². The number of benzene rings is 1. The van der Waals surface area contributed by atoms with Crippen molar-refractivity contribution >= 4 is 17.5 Å². The molecule has 0 aliphatic carbocycles. The van der Waals surface area contributed by atoms with Gasteiger partial charge in [-0.05, 0) is 55.4 Å². The molecule has 3 rings (SSSR count). The molecule has 0 N–H and O–H groups in total. The van der Waals surface area contributed by atoms with Crippen LogP contribution in [0.15, 0.2) is 18.2 Å². The van der Waals surface area contributed by atoms with Gasteiger partial charge in [-0.15, -0.1) is 0 Å². The van der Waals surface area contributed by atoms with Crippen LogP contribution < -0.4 is 4.90 Å². The summed E-state index contributed by atoms with van der Waals surface area (Å²) in [6, 6.07) is 6.16. The monoisotopic (exact) mass is 328 g/mol. The van der Waals surface area contributed by atoms with Gasteiger partial charge in [-0.2, -0.15) is 0 Å². The van der Waals surface area contributed by atoms with Crippen molar-refractivity contribution < 1.29 is 9.59 Å². The van der Waals surface area contributed by atoms with Gasteiger partial charge in [-0.3, -0.25) is 9.59 Å². The van der Waals surface area contributed by atoms with Gasteiger partial charge in [-0.1, -0.05) is 19.9 Å². The van der Waals surface area contributed by atoms with Crippen molar-refractivity contribution in [3.8, 4) is 0 Å². The summed E-state index contributed by atoms with van der Waals surface area (Å²) in [5, 5.41) is 0. The highest BCUT2D eigenvalue weighted by molar-refractivity contribution is 6.00. The number of rotatable bonds is 2. The summed E-state index contributed by atoms with van der Waals surface area (Å²) in [6.07, 6.45) is 1.52. The predicted molar refractivity (Wildman–Crippen MR) is 95.9 cm³/mol. The molecule has 3 atom stereocenters. The zero-order valence-corrected chi connectivity index (χ0v) is 15.2. The van der Waals surface area contributed by atoms with E-state index >= 15 is 0 Å². The van der Waals surface area contributed by atoms with Gasteiger partial charge in [0.05, 0.1) is 5.92 Å². The van der Waals surface area contributed by atoms with Gasteiger partial charge in [0.2, 0.25) is 11.8 Å². The van der Waals surface area contributed by atoms with Crippen LogP contribution in [0, 0.1) is 31.6 Å². The summed E-state index contributed by atoms with van der Waals surface area (Å²) < 4.78 is 0. The van der Waals surface area contributed by atoms with Crippen molar-refractivity contribution in [2.45, 2.75) is 40.5 Å². The standard InChI is InChI=1S/C20H28N2O2/c1-13-5-14(2)8-18(7-13)22-12-17(9-19(22)23)20(24)21-10-15(3)6-16(4)11-21/h5,7-8,15-17H,6,9-12H2,1-4H3. The molecule has 2 saturated heterocycles. The molecular formula is C20H28N2O2. The second kappa shape index (κ2) is 6.58. The van der Waals surface area contributed by atoms with E-state index in [9.17, 15) is 9.59 Å². The van der Waals surface area contributed by atoms with Gasteiger partial charge < -0.3 is 9.80 Å². The van der Waals surface area contributed by atoms with E-state index in [1.165, 1.54) is 6.42 Å². The first-order chi connectivity index (χ1) is 11.3. The van der Waals surface area contributed by atoms with E-state index < -0.39 is 0 Å². The van der Waals surface area contributed by atoms with Gasteiger partial charge >= 0.3 is 0 Å². The topological polar surface area (TPSA) is 40.6 Å². The minimum absolute atomic E-state index is 0.0662. The number of anilines is 1. The summed E-state index contributed by atoms with van der Waals surface area (Å²) in [5.41, 5.74) is 3.21. The maximum atomic E-state index is 12.9. The molecule has 3 unspecified atom stereocenters. The summed E-state index contributed by atoms with van der Waals surface area (Å²) in [5.74, 6) is 1.12. The highest BCUT2D eigenvalue weighted by Crippen LogP contribution is 2.30. The number of likely N-dealkylation sites (tertiary alicyclic amines) is 1. The zero-order valence-electron chi connectivity index (χ0n) is 15.2. The van der Waals surface area contributed by atoms with Gasteiger partial charge in [0.15, 0.2) is 0 Å². The van der Waals surface area contributed by atoms with E-state index in [1.54, 1.807) is 4.90 Å². The molecule has 0 aromatic heterocycles. The maximum absolute atomic E-state index is 12.9. The van der Waals surface area contributed by atoms with E-state index in [0.29, 0.717) is 24.8 Å². The van der Waals surface area contributed by atoms with Crippen LogP contribution in [-0.2, 0) is 9.59 Å². The highest BCUT2D eigenvalue weighted by Gasteiger charge is 2.38. The third-order valence-corrected chi connectivity index (χ3v) is 5.17. The summed E-state index contributed by atoms with van der Waals surface area (Å²) in [4.78, 5) is 29.2. The van der Waals surface area contributed by atoms with Crippen molar-refractivity contribution in [1.29, 1.82) is 0 Å². The Bertz CT molecular complexity index is 625. The largest absolute Gasteiger partial charge is 0.342 e. The molecule has 2 fully saturated rings. The molecule has 2 amide bonds. The first-order valence-electron chi connectivity index (χ1n) is 9.01. The zero-order chi connectivity index (χ0) is 17.4. The second-order valence-electron chi connectivity index (χ2n) is 7.94. The lowest BCUT2D eigenvalue weighted by Gasteiger charge is -2.36. The smallest absolute Gasteiger partial charge is 0.228 e. The fourth-order valence-electron chi connectivity index (χ4n) is 4.33. The number of nitrogens with zero attached hydrogens (tertiary/aromatic N) is 2. The Morgan fingerprint density at radius 2 is 1.58 bits per heavy atom. The highest BCUT2D eigenvalue weighted by atomic mass is 16.2. The number of piperidine rings is 1. The Hall–Kier alpha value is -1.84. The fraction of sp³-hybridized carbons (Fsp3) is 0.600. The minimum atomic E-state index is -0.198. The third kappa shape index (κ3) is 3.47. The molecule has 1 aromatic carbocycles. The molecule has 4 nitrogen and oxygen atoms in total. The molecule has 1 aromatic rings. The van der Waals surface area contributed by atoms with E-state index in [2.05, 4.69) is 19.9 Å². The normalized spacial score (nSPS) is 27.7. The van der Waals surface area contributed by atoms with Gasteiger partial charge in [0.25, 0.3) is 0 Å². The van der Waals surface area contributed by atoms with Gasteiger partial charge in [-0.25, -0.2) is 0 Å². The molecule has 2 aliphatic heterocycles. The van der Waals surface area contributed by atoms with Crippen molar-refractivity contribution in [2.75, 3.05) is 24.5 Å². The predicted octanol–water partition coefficient (Wildman–Crippen LogP) is 3.16. The Balaban J connectivity index is 1.73. The summed E-state index contributed by atoms with van der Waals surface area (Å²) in [6.45, 7) is 10.7. The molecule has 24 heavy (non-hydrogen) atoms. The molecule has 0 saturated carbocycles. The lowest BCUT2D eigenvalue weighted by atomic mass is 9.91. The Labute approximate surface area is 144 Å². The molecule has 2 heterocycles. The van der Waals surface area contributed by atoms with Crippen LogP contribution in [-0.4, -0.2) is 36.3 Å². The first-order valence-corrected chi connectivity index (χ1v) is 9.01. The van der Waals surface area contributed by atoms with Crippen molar-refractivity contribution in [3.05, 3.63) is 29.3 Å². The molecule has 4 heteroatoms. The SMILES string of the molecule is Cc1cc(C)cc(N2CC(C(=O)N3CC(C)CC(C)C3)CC2=O)c1. The quantitative estimate of drug-likeness (QED) is 0.837. The van der Waals surface area contributed by atoms with Crippen LogP contribution in [0.5, 0.6) is 0 Å². The number of aryl methyl sites for hydroxylation is 2. The average molecular weight is 328 g/mol. The lowest BCUT2D eigenvalue weighted by Crippen LogP contribution is -2.45. The molecular weight excluding hydrogens is 300 g/mol. The van der Waals surface area contributed by atoms with E-state index in [0.717, 1.165) is 29.9 Å². The van der Waals surface area contributed by atoms with Crippen LogP contribution in [0.25, 0.3) is 0 Å². The summed E-state index contributed by atoms with van der Waals surface area (Å²) in [7, 11) is 0. The van der Waals surface area contributed by atoms with Crippen molar-refractivity contribution in [1.82, 2.24) is 4.90 Å². The summed E-state index contributed by atoms with van der Waals surface area (Å²) >= 11 is 0. The van der Waals surface area contributed by atoms with E-state index in [-0.39, 0.29) is 17.7 Å². The van der Waals surface area contributed by atoms with Crippen LogP contribution in [0.4, 0.5) is 5.69 Å². The van der Waals surface area contributed by atoms with Gasteiger partial charge in [0.1, 0.15) is 0 Å². The maximum Gasteiger partial charge on any atom is 0.228 e. The number of amides is 2. The molecule has 2 aliphatic rings. The minimum Gasteiger partial charge on any atom is -0.342 e. The Kier molecular flexibility index (Phi) is 4.66. The lowest BCUT2D eigenvalue weighted by molar-refractivity contribution is -0.138. The Morgan fingerprint density at radius 1 is 1.00 bits per heavy atom. The molecule has 0 radical (unpaired) electrons.